The molecular weight excluding hydrogens is 422 g/mol. The Balaban J connectivity index is 1.53. The normalized spacial score (nSPS) is 13.8. The fourth-order valence-corrected chi connectivity index (χ4v) is 5.14. The summed E-state index contributed by atoms with van der Waals surface area (Å²) in [5.41, 5.74) is 2.85. The number of nitrogens with zero attached hydrogens (tertiary/aromatic N) is 2. The molecule has 1 N–H and O–H groups in total. The summed E-state index contributed by atoms with van der Waals surface area (Å²) in [6.07, 6.45) is 0.887. The molecule has 3 heterocycles. The molecule has 4 aromatic rings. The third-order valence-corrected chi connectivity index (χ3v) is 6.90. The standard InChI is InChI=1S/C25H23N3O3S/c1-3-28-13-12-19-20(14-28)32-25(26-19)27-24(30)18-11-7-10-17-21(29)15(2)22(31-23(17)18)16-8-5-4-6-9-16/h4-11H,3,12-14H2,1-2H3,(H,26,27,30). The van der Waals surface area contributed by atoms with Gasteiger partial charge >= 0.3 is 0 Å². The first-order chi connectivity index (χ1) is 15.5. The number of fused-ring (bicyclic) bond motifs is 2. The van der Waals surface area contributed by atoms with Crippen molar-refractivity contribution in [2.24, 2.45) is 0 Å². The van der Waals surface area contributed by atoms with Crippen LogP contribution in [-0.2, 0) is 13.0 Å². The highest BCUT2D eigenvalue weighted by molar-refractivity contribution is 7.15. The van der Waals surface area contributed by atoms with Gasteiger partial charge in [-0.3, -0.25) is 19.8 Å². The molecule has 0 unspecified atom stereocenters. The quantitative estimate of drug-likeness (QED) is 0.486. The molecule has 0 spiro atoms. The van der Waals surface area contributed by atoms with E-state index < -0.39 is 0 Å². The molecule has 162 valence electrons. The Morgan fingerprint density at radius 3 is 2.78 bits per heavy atom. The Labute approximate surface area is 189 Å². The molecule has 32 heavy (non-hydrogen) atoms. The number of benzene rings is 2. The molecule has 0 aliphatic carbocycles. The van der Waals surface area contributed by atoms with Crippen LogP contribution >= 0.6 is 11.3 Å². The van der Waals surface area contributed by atoms with Crippen LogP contribution in [0.2, 0.25) is 0 Å². The summed E-state index contributed by atoms with van der Waals surface area (Å²) in [6, 6.07) is 14.5. The van der Waals surface area contributed by atoms with E-state index in [1.807, 2.05) is 30.3 Å². The van der Waals surface area contributed by atoms with E-state index in [1.54, 1.807) is 25.1 Å². The third kappa shape index (κ3) is 3.63. The van der Waals surface area contributed by atoms with Gasteiger partial charge in [0.2, 0.25) is 0 Å². The van der Waals surface area contributed by atoms with Crippen LogP contribution in [0.25, 0.3) is 22.3 Å². The second kappa shape index (κ2) is 8.33. The molecule has 0 atom stereocenters. The lowest BCUT2D eigenvalue weighted by molar-refractivity contribution is 0.102. The number of amides is 1. The van der Waals surface area contributed by atoms with Gasteiger partial charge in [0.1, 0.15) is 5.76 Å². The zero-order valence-electron chi connectivity index (χ0n) is 18.0. The third-order valence-electron chi connectivity index (χ3n) is 5.90. The van der Waals surface area contributed by atoms with Gasteiger partial charge in [-0.15, -0.1) is 11.3 Å². The fraction of sp³-hybridized carbons (Fsp3) is 0.240. The number of anilines is 1. The van der Waals surface area contributed by atoms with Crippen molar-refractivity contribution >= 4 is 33.3 Å². The van der Waals surface area contributed by atoms with E-state index in [1.165, 1.54) is 16.2 Å². The maximum Gasteiger partial charge on any atom is 0.261 e. The first-order valence-corrected chi connectivity index (χ1v) is 11.5. The van der Waals surface area contributed by atoms with Crippen LogP contribution in [0.1, 0.15) is 33.4 Å². The summed E-state index contributed by atoms with van der Waals surface area (Å²) in [4.78, 5) is 34.4. The Kier molecular flexibility index (Phi) is 5.36. The van der Waals surface area contributed by atoms with Gasteiger partial charge in [-0.05, 0) is 25.6 Å². The Bertz CT molecular complexity index is 1370. The average molecular weight is 446 g/mol. The molecule has 0 saturated heterocycles. The lowest BCUT2D eigenvalue weighted by Crippen LogP contribution is -2.29. The minimum atomic E-state index is -0.333. The SMILES string of the molecule is CCN1CCc2nc(NC(=O)c3cccc4c(=O)c(C)c(-c5ccccc5)oc34)sc2C1. The lowest BCUT2D eigenvalue weighted by atomic mass is 10.0. The number of rotatable bonds is 4. The van der Waals surface area contributed by atoms with E-state index in [0.29, 0.717) is 27.4 Å². The van der Waals surface area contributed by atoms with Gasteiger partial charge in [0.15, 0.2) is 16.1 Å². The second-order valence-corrected chi connectivity index (χ2v) is 8.98. The Hall–Kier alpha value is -3.29. The van der Waals surface area contributed by atoms with Crippen molar-refractivity contribution in [3.63, 3.8) is 0 Å². The summed E-state index contributed by atoms with van der Waals surface area (Å²) in [5.74, 6) is 0.146. The van der Waals surface area contributed by atoms with Gasteiger partial charge in [-0.2, -0.15) is 0 Å². The summed E-state index contributed by atoms with van der Waals surface area (Å²) < 4.78 is 6.17. The van der Waals surface area contributed by atoms with Gasteiger partial charge < -0.3 is 4.42 Å². The van der Waals surface area contributed by atoms with Crippen molar-refractivity contribution < 1.29 is 9.21 Å². The highest BCUT2D eigenvalue weighted by atomic mass is 32.1. The number of para-hydroxylation sites is 1. The predicted molar refractivity (Wildman–Crippen MR) is 127 cm³/mol. The smallest absolute Gasteiger partial charge is 0.261 e. The van der Waals surface area contributed by atoms with E-state index in [2.05, 4.69) is 22.1 Å². The maximum absolute atomic E-state index is 13.2. The number of hydrogen-bond acceptors (Lipinski definition) is 6. The van der Waals surface area contributed by atoms with E-state index in [-0.39, 0.29) is 16.9 Å². The second-order valence-electron chi connectivity index (χ2n) is 7.90. The highest BCUT2D eigenvalue weighted by Crippen LogP contribution is 2.30. The number of nitrogens with one attached hydrogen (secondary N) is 1. The van der Waals surface area contributed by atoms with Gasteiger partial charge in [0, 0.05) is 35.5 Å². The van der Waals surface area contributed by atoms with Gasteiger partial charge in [0.25, 0.3) is 5.91 Å². The molecule has 0 fully saturated rings. The monoisotopic (exact) mass is 445 g/mol. The highest BCUT2D eigenvalue weighted by Gasteiger charge is 2.22. The molecule has 6 nitrogen and oxygen atoms in total. The van der Waals surface area contributed by atoms with Crippen molar-refractivity contribution in [1.82, 2.24) is 9.88 Å². The number of likely N-dealkylation sites (N-methyl/N-ethyl adjacent to an activating group) is 1. The molecule has 2 aromatic carbocycles. The van der Waals surface area contributed by atoms with Crippen LogP contribution in [0.4, 0.5) is 5.13 Å². The topological polar surface area (TPSA) is 75.4 Å². The summed E-state index contributed by atoms with van der Waals surface area (Å²) in [6.45, 7) is 6.74. The van der Waals surface area contributed by atoms with E-state index in [9.17, 15) is 9.59 Å². The predicted octanol–water partition coefficient (Wildman–Crippen LogP) is 4.86. The molecule has 0 radical (unpaired) electrons. The van der Waals surface area contributed by atoms with Crippen LogP contribution in [0, 0.1) is 6.92 Å². The van der Waals surface area contributed by atoms with E-state index in [4.69, 9.17) is 4.42 Å². The number of carbonyl (C=O) groups is 1. The molecule has 0 saturated carbocycles. The van der Waals surface area contributed by atoms with Gasteiger partial charge in [-0.25, -0.2) is 4.98 Å². The van der Waals surface area contributed by atoms with Crippen molar-refractivity contribution in [3.8, 4) is 11.3 Å². The number of hydrogen-bond donors (Lipinski definition) is 1. The number of aromatic nitrogens is 1. The van der Waals surface area contributed by atoms with Crippen LogP contribution in [0.5, 0.6) is 0 Å². The van der Waals surface area contributed by atoms with Gasteiger partial charge in [0.05, 0.1) is 16.6 Å². The van der Waals surface area contributed by atoms with Crippen molar-refractivity contribution in [2.45, 2.75) is 26.8 Å². The molecular formula is C25H23N3O3S. The number of carbonyl (C=O) groups excluding carboxylic acids is 1. The maximum atomic E-state index is 13.2. The van der Waals surface area contributed by atoms with Crippen molar-refractivity contribution in [3.05, 3.63) is 80.5 Å². The summed E-state index contributed by atoms with van der Waals surface area (Å²) >= 11 is 1.51. The zero-order valence-corrected chi connectivity index (χ0v) is 18.8. The first kappa shape index (κ1) is 20.6. The van der Waals surface area contributed by atoms with Crippen molar-refractivity contribution in [1.29, 1.82) is 0 Å². The number of thiazole rings is 1. The van der Waals surface area contributed by atoms with Crippen LogP contribution < -0.4 is 10.7 Å². The molecule has 1 amide bonds. The minimum Gasteiger partial charge on any atom is -0.455 e. The Morgan fingerprint density at radius 2 is 2.00 bits per heavy atom. The summed E-state index contributed by atoms with van der Waals surface area (Å²) in [7, 11) is 0. The van der Waals surface area contributed by atoms with Crippen molar-refractivity contribution in [2.75, 3.05) is 18.4 Å². The molecule has 2 aromatic heterocycles. The lowest BCUT2D eigenvalue weighted by Gasteiger charge is -2.23. The van der Waals surface area contributed by atoms with Crippen LogP contribution in [0.3, 0.4) is 0 Å². The van der Waals surface area contributed by atoms with Crippen LogP contribution in [-0.4, -0.2) is 28.9 Å². The molecule has 1 aliphatic heterocycles. The molecule has 7 heteroatoms. The van der Waals surface area contributed by atoms with E-state index in [0.717, 1.165) is 37.3 Å². The molecule has 0 bridgehead atoms. The Morgan fingerprint density at radius 1 is 1.19 bits per heavy atom. The summed E-state index contributed by atoms with van der Waals surface area (Å²) in [5, 5.41) is 3.89. The first-order valence-electron chi connectivity index (χ1n) is 10.7. The average Bonchev–Trinajstić information content (AvgIpc) is 3.22. The fourth-order valence-electron chi connectivity index (χ4n) is 4.09. The van der Waals surface area contributed by atoms with Crippen LogP contribution in [0.15, 0.2) is 57.7 Å². The van der Waals surface area contributed by atoms with Gasteiger partial charge in [-0.1, -0.05) is 43.3 Å². The van der Waals surface area contributed by atoms with E-state index >= 15 is 0 Å². The largest absolute Gasteiger partial charge is 0.455 e. The molecule has 1 aliphatic rings. The zero-order chi connectivity index (χ0) is 22.2. The minimum absolute atomic E-state index is 0.135. The molecule has 5 rings (SSSR count).